The lowest BCUT2D eigenvalue weighted by atomic mass is 10.2. The largest absolute Gasteiger partial charge is 0.387 e. The van der Waals surface area contributed by atoms with Gasteiger partial charge in [0.15, 0.2) is 0 Å². The molecule has 0 saturated carbocycles. The number of methoxy groups -OCH3 is 1. The smallest absolute Gasteiger partial charge is 0.0960 e. The van der Waals surface area contributed by atoms with Crippen molar-refractivity contribution in [2.45, 2.75) is 20.3 Å². The molecule has 2 N–H and O–H groups in total. The first kappa shape index (κ1) is 10.4. The van der Waals surface area contributed by atoms with Gasteiger partial charge in [-0.25, -0.2) is 0 Å². The molecule has 66 valence electrons. The summed E-state index contributed by atoms with van der Waals surface area (Å²) in [5.74, 6) is 1.27. The van der Waals surface area contributed by atoms with E-state index in [0.29, 0.717) is 18.4 Å². The Morgan fingerprint density at radius 3 is 2.64 bits per heavy atom. The number of hydrogen-bond acceptors (Lipinski definition) is 2. The Morgan fingerprint density at radius 1 is 1.55 bits per heavy atom. The number of hydrogen-bond donors (Lipinski definition) is 1. The summed E-state index contributed by atoms with van der Waals surface area (Å²) in [6.45, 7) is 5.71. The number of nitrogens with zero attached hydrogens (tertiary/aromatic N) is 1. The molecule has 0 unspecified atom stereocenters. The Balaban J connectivity index is 3.46. The Labute approximate surface area is 68.6 Å². The van der Waals surface area contributed by atoms with E-state index in [9.17, 15) is 0 Å². The lowest BCUT2D eigenvalue weighted by Gasteiger charge is -2.01. The summed E-state index contributed by atoms with van der Waals surface area (Å²) in [6, 6.07) is 0. The fraction of sp³-hybridized carbons (Fsp3) is 0.875. The second-order valence-corrected chi connectivity index (χ2v) is 2.97. The average molecular weight is 158 g/mol. The third-order valence-electron chi connectivity index (χ3n) is 1.22. The zero-order chi connectivity index (χ0) is 8.69. The van der Waals surface area contributed by atoms with Gasteiger partial charge in [0.05, 0.1) is 12.4 Å². The van der Waals surface area contributed by atoms with Crippen LogP contribution in [0.3, 0.4) is 0 Å². The van der Waals surface area contributed by atoms with Crippen LogP contribution in [0.25, 0.3) is 0 Å². The van der Waals surface area contributed by atoms with E-state index in [2.05, 4.69) is 18.8 Å². The molecule has 0 aliphatic rings. The second kappa shape index (κ2) is 6.16. The predicted molar refractivity (Wildman–Crippen MR) is 47.8 cm³/mol. The minimum atomic E-state index is 0.580. The van der Waals surface area contributed by atoms with E-state index in [-0.39, 0.29) is 0 Å². The summed E-state index contributed by atoms with van der Waals surface area (Å²) in [6.07, 6.45) is 0.739. The summed E-state index contributed by atoms with van der Waals surface area (Å²) in [5, 5.41) is 0. The van der Waals surface area contributed by atoms with E-state index in [1.165, 1.54) is 0 Å². The number of ether oxygens (including phenoxy) is 1. The van der Waals surface area contributed by atoms with E-state index in [1.54, 1.807) is 7.11 Å². The summed E-state index contributed by atoms with van der Waals surface area (Å²) < 4.78 is 4.86. The maximum absolute atomic E-state index is 5.58. The van der Waals surface area contributed by atoms with E-state index in [4.69, 9.17) is 10.5 Å². The number of nitrogens with two attached hydrogens (primary N) is 1. The molecule has 0 aromatic rings. The third-order valence-corrected chi connectivity index (χ3v) is 1.22. The first-order valence-corrected chi connectivity index (χ1v) is 3.94. The van der Waals surface area contributed by atoms with Gasteiger partial charge in [-0.15, -0.1) is 0 Å². The predicted octanol–water partition coefficient (Wildman–Crippen LogP) is 1.04. The lowest BCUT2D eigenvalue weighted by Crippen LogP contribution is -2.15. The standard InChI is InChI=1S/C8H18N2O/c1-7(2)6-10-8(9)4-5-11-3/h7H,4-6H2,1-3H3,(H2,9,10). The molecular weight excluding hydrogens is 140 g/mol. The van der Waals surface area contributed by atoms with Crippen LogP contribution in [0.5, 0.6) is 0 Å². The molecule has 0 radical (unpaired) electrons. The van der Waals surface area contributed by atoms with Crippen LogP contribution in [-0.4, -0.2) is 26.1 Å². The zero-order valence-electron chi connectivity index (χ0n) is 7.63. The molecule has 3 heteroatoms. The van der Waals surface area contributed by atoms with Gasteiger partial charge in [-0.1, -0.05) is 13.8 Å². The van der Waals surface area contributed by atoms with Crippen molar-refractivity contribution in [3.05, 3.63) is 0 Å². The van der Waals surface area contributed by atoms with E-state index >= 15 is 0 Å². The Kier molecular flexibility index (Phi) is 5.84. The molecule has 0 aliphatic carbocycles. The van der Waals surface area contributed by atoms with Crippen LogP contribution in [0.2, 0.25) is 0 Å². The van der Waals surface area contributed by atoms with Gasteiger partial charge in [-0.3, -0.25) is 4.99 Å². The second-order valence-electron chi connectivity index (χ2n) is 2.97. The van der Waals surface area contributed by atoms with Crippen LogP contribution >= 0.6 is 0 Å². The molecular formula is C8H18N2O. The van der Waals surface area contributed by atoms with Crippen LogP contribution in [0.15, 0.2) is 4.99 Å². The fourth-order valence-electron chi connectivity index (χ4n) is 0.586. The molecule has 0 heterocycles. The van der Waals surface area contributed by atoms with Crippen molar-refractivity contribution in [3.63, 3.8) is 0 Å². The highest BCUT2D eigenvalue weighted by Gasteiger charge is 1.93. The van der Waals surface area contributed by atoms with Gasteiger partial charge in [0.2, 0.25) is 0 Å². The van der Waals surface area contributed by atoms with Crippen LogP contribution < -0.4 is 5.73 Å². The van der Waals surface area contributed by atoms with Gasteiger partial charge in [-0.05, 0) is 5.92 Å². The molecule has 0 amide bonds. The highest BCUT2D eigenvalue weighted by molar-refractivity contribution is 5.80. The molecule has 11 heavy (non-hydrogen) atoms. The van der Waals surface area contributed by atoms with Crippen molar-refractivity contribution in [1.82, 2.24) is 0 Å². The highest BCUT2D eigenvalue weighted by Crippen LogP contribution is 1.92. The molecule has 0 bridgehead atoms. The summed E-state index contributed by atoms with van der Waals surface area (Å²) in [7, 11) is 1.66. The third kappa shape index (κ3) is 7.33. The first-order valence-electron chi connectivity index (χ1n) is 3.94. The minimum absolute atomic E-state index is 0.580. The molecule has 0 saturated heterocycles. The molecule has 0 aromatic heterocycles. The fourth-order valence-corrected chi connectivity index (χ4v) is 0.586. The maximum atomic E-state index is 5.58. The van der Waals surface area contributed by atoms with Gasteiger partial charge in [0.1, 0.15) is 0 Å². The molecule has 0 fully saturated rings. The van der Waals surface area contributed by atoms with Crippen LogP contribution in [0.4, 0.5) is 0 Å². The van der Waals surface area contributed by atoms with E-state index in [1.807, 2.05) is 0 Å². The van der Waals surface area contributed by atoms with Crippen molar-refractivity contribution in [1.29, 1.82) is 0 Å². The highest BCUT2D eigenvalue weighted by atomic mass is 16.5. The van der Waals surface area contributed by atoms with Gasteiger partial charge in [0.25, 0.3) is 0 Å². The number of rotatable bonds is 5. The van der Waals surface area contributed by atoms with Crippen molar-refractivity contribution < 1.29 is 4.74 Å². The molecule has 3 nitrogen and oxygen atoms in total. The van der Waals surface area contributed by atoms with Crippen molar-refractivity contribution in [2.24, 2.45) is 16.6 Å². The Hall–Kier alpha value is -0.570. The quantitative estimate of drug-likeness (QED) is 0.480. The number of amidine groups is 1. The summed E-state index contributed by atoms with van der Waals surface area (Å²) in [5.41, 5.74) is 5.58. The zero-order valence-corrected chi connectivity index (χ0v) is 7.63. The minimum Gasteiger partial charge on any atom is -0.387 e. The molecule has 0 spiro atoms. The lowest BCUT2D eigenvalue weighted by molar-refractivity contribution is 0.207. The van der Waals surface area contributed by atoms with Crippen molar-refractivity contribution in [2.75, 3.05) is 20.3 Å². The SMILES string of the molecule is COCCC(N)=NCC(C)C. The van der Waals surface area contributed by atoms with Gasteiger partial charge >= 0.3 is 0 Å². The van der Waals surface area contributed by atoms with Gasteiger partial charge < -0.3 is 10.5 Å². The summed E-state index contributed by atoms with van der Waals surface area (Å²) in [4.78, 5) is 4.18. The van der Waals surface area contributed by atoms with Crippen LogP contribution in [-0.2, 0) is 4.74 Å². The Bertz CT molecular complexity index is 121. The number of aliphatic imine (C=N–C) groups is 1. The maximum Gasteiger partial charge on any atom is 0.0960 e. The monoisotopic (exact) mass is 158 g/mol. The molecule has 0 atom stereocenters. The van der Waals surface area contributed by atoms with Crippen LogP contribution in [0.1, 0.15) is 20.3 Å². The first-order chi connectivity index (χ1) is 5.16. The topological polar surface area (TPSA) is 47.6 Å². The van der Waals surface area contributed by atoms with E-state index < -0.39 is 0 Å². The summed E-state index contributed by atoms with van der Waals surface area (Å²) >= 11 is 0. The van der Waals surface area contributed by atoms with Gasteiger partial charge in [0, 0.05) is 20.1 Å². The van der Waals surface area contributed by atoms with Gasteiger partial charge in [-0.2, -0.15) is 0 Å². The molecule has 0 aromatic carbocycles. The molecule has 0 rings (SSSR count). The normalized spacial score (nSPS) is 12.5. The van der Waals surface area contributed by atoms with Crippen molar-refractivity contribution in [3.8, 4) is 0 Å². The van der Waals surface area contributed by atoms with E-state index in [0.717, 1.165) is 13.0 Å². The van der Waals surface area contributed by atoms with Crippen molar-refractivity contribution >= 4 is 5.84 Å². The average Bonchev–Trinajstić information content (AvgIpc) is 1.97. The van der Waals surface area contributed by atoms with Crippen LogP contribution in [0, 0.1) is 5.92 Å². The molecule has 0 aliphatic heterocycles. The Morgan fingerprint density at radius 2 is 2.18 bits per heavy atom.